The highest BCUT2D eigenvalue weighted by Gasteiger charge is 2.22. The lowest BCUT2D eigenvalue weighted by molar-refractivity contribution is 0.103. The number of thiazole rings is 2. The first-order valence-electron chi connectivity index (χ1n) is 10.9. The summed E-state index contributed by atoms with van der Waals surface area (Å²) in [6, 6.07) is 5.47. The van der Waals surface area contributed by atoms with Crippen LogP contribution in [0, 0.1) is 13.8 Å². The molecular weight excluding hydrogens is 506 g/mol. The minimum atomic E-state index is -0.280. The number of carbonyl (C=O) groups is 1. The summed E-state index contributed by atoms with van der Waals surface area (Å²) in [5, 5.41) is 9.99. The SMILES string of the molecule is Cc1nc(Nc2ncc(C(=O)Nc3c(C)cccc3Cl)s2)nc(N2CCN(c3nccs3)CC2)n1. The van der Waals surface area contributed by atoms with Crippen molar-refractivity contribution in [2.24, 2.45) is 0 Å². The summed E-state index contributed by atoms with van der Waals surface area (Å²) in [4.78, 5) is 39.8. The maximum Gasteiger partial charge on any atom is 0.267 e. The Hall–Kier alpha value is -3.35. The minimum Gasteiger partial charge on any atom is -0.345 e. The number of aryl methyl sites for hydroxylation is 2. The Balaban J connectivity index is 1.25. The number of para-hydroxylation sites is 1. The molecule has 1 aliphatic heterocycles. The third-order valence-electron chi connectivity index (χ3n) is 5.40. The zero-order chi connectivity index (χ0) is 24.4. The summed E-state index contributed by atoms with van der Waals surface area (Å²) in [7, 11) is 0. The molecular formula is C22H22ClN9OS2. The van der Waals surface area contributed by atoms with E-state index < -0.39 is 0 Å². The summed E-state index contributed by atoms with van der Waals surface area (Å²) < 4.78 is 0. The highest BCUT2D eigenvalue weighted by atomic mass is 35.5. The lowest BCUT2D eigenvalue weighted by atomic mass is 10.2. The van der Waals surface area contributed by atoms with E-state index in [2.05, 4.69) is 45.4 Å². The molecule has 2 N–H and O–H groups in total. The van der Waals surface area contributed by atoms with Crippen molar-refractivity contribution in [2.75, 3.05) is 46.6 Å². The number of aromatic nitrogens is 5. The fourth-order valence-corrected chi connectivity index (χ4v) is 5.30. The molecule has 0 atom stereocenters. The van der Waals surface area contributed by atoms with Gasteiger partial charge in [0.25, 0.3) is 5.91 Å². The third kappa shape index (κ3) is 5.34. The quantitative estimate of drug-likeness (QED) is 0.377. The molecule has 4 aromatic rings. The van der Waals surface area contributed by atoms with Crippen LogP contribution in [0.1, 0.15) is 21.1 Å². The summed E-state index contributed by atoms with van der Waals surface area (Å²) in [6.45, 7) is 6.97. The number of nitrogens with zero attached hydrogens (tertiary/aromatic N) is 7. The minimum absolute atomic E-state index is 0.280. The first-order chi connectivity index (χ1) is 17.0. The predicted molar refractivity (Wildman–Crippen MR) is 141 cm³/mol. The van der Waals surface area contributed by atoms with Gasteiger partial charge in [-0.3, -0.25) is 10.1 Å². The van der Waals surface area contributed by atoms with E-state index in [1.54, 1.807) is 17.4 Å². The fraction of sp³-hybridized carbons (Fsp3) is 0.273. The molecule has 1 aromatic carbocycles. The van der Waals surface area contributed by atoms with Gasteiger partial charge in [-0.1, -0.05) is 35.1 Å². The van der Waals surface area contributed by atoms with E-state index in [1.165, 1.54) is 17.5 Å². The van der Waals surface area contributed by atoms with Gasteiger partial charge in [-0.15, -0.1) is 11.3 Å². The summed E-state index contributed by atoms with van der Waals surface area (Å²) >= 11 is 9.08. The molecule has 0 saturated carbocycles. The van der Waals surface area contributed by atoms with Crippen LogP contribution >= 0.6 is 34.3 Å². The van der Waals surface area contributed by atoms with Crippen LogP contribution in [0.3, 0.4) is 0 Å². The van der Waals surface area contributed by atoms with Crippen LogP contribution < -0.4 is 20.4 Å². The Morgan fingerprint density at radius 1 is 1.06 bits per heavy atom. The molecule has 3 aromatic heterocycles. The van der Waals surface area contributed by atoms with E-state index >= 15 is 0 Å². The van der Waals surface area contributed by atoms with Crippen LogP contribution in [0.25, 0.3) is 0 Å². The normalized spacial score (nSPS) is 13.7. The first-order valence-corrected chi connectivity index (χ1v) is 12.9. The standard InChI is InChI=1S/C22H22ClN9OS2/c1-13-4-3-5-15(23)17(13)28-18(33)16-12-25-21(35-16)30-19-26-14(2)27-20(29-19)31-7-9-32(10-8-31)22-24-6-11-34-22/h3-6,11-12H,7-10H2,1-2H3,(H,28,33)(H,25,26,27,29,30). The zero-order valence-electron chi connectivity index (χ0n) is 19.0. The van der Waals surface area contributed by atoms with Gasteiger partial charge >= 0.3 is 0 Å². The topological polar surface area (TPSA) is 112 Å². The molecule has 5 rings (SSSR count). The molecule has 1 amide bonds. The molecule has 180 valence electrons. The second kappa shape index (κ2) is 10.1. The van der Waals surface area contributed by atoms with E-state index in [9.17, 15) is 4.79 Å². The Morgan fingerprint density at radius 2 is 1.86 bits per heavy atom. The smallest absolute Gasteiger partial charge is 0.267 e. The molecule has 35 heavy (non-hydrogen) atoms. The number of amides is 1. The predicted octanol–water partition coefficient (Wildman–Crippen LogP) is 4.38. The van der Waals surface area contributed by atoms with Crippen molar-refractivity contribution in [1.29, 1.82) is 0 Å². The molecule has 0 radical (unpaired) electrons. The lowest BCUT2D eigenvalue weighted by Gasteiger charge is -2.34. The molecule has 0 aliphatic carbocycles. The van der Waals surface area contributed by atoms with Crippen LogP contribution in [-0.4, -0.2) is 57.0 Å². The van der Waals surface area contributed by atoms with Gasteiger partial charge in [0.1, 0.15) is 10.7 Å². The number of carbonyl (C=O) groups excluding carboxylic acids is 1. The van der Waals surface area contributed by atoms with Crippen LogP contribution in [-0.2, 0) is 0 Å². The van der Waals surface area contributed by atoms with E-state index in [1.807, 2.05) is 37.6 Å². The van der Waals surface area contributed by atoms with Gasteiger partial charge in [0, 0.05) is 37.8 Å². The number of nitrogens with one attached hydrogen (secondary N) is 2. The van der Waals surface area contributed by atoms with E-state index in [4.69, 9.17) is 11.6 Å². The summed E-state index contributed by atoms with van der Waals surface area (Å²) in [5.41, 5.74) is 1.48. The van der Waals surface area contributed by atoms with Crippen LogP contribution in [0.2, 0.25) is 5.02 Å². The molecule has 4 heterocycles. The van der Waals surface area contributed by atoms with Gasteiger partial charge in [-0.05, 0) is 25.5 Å². The molecule has 1 saturated heterocycles. The number of piperazine rings is 1. The van der Waals surface area contributed by atoms with E-state index in [0.717, 1.165) is 36.9 Å². The lowest BCUT2D eigenvalue weighted by Crippen LogP contribution is -2.47. The van der Waals surface area contributed by atoms with Crippen LogP contribution in [0.15, 0.2) is 36.0 Å². The maximum atomic E-state index is 12.7. The number of benzene rings is 1. The highest BCUT2D eigenvalue weighted by Crippen LogP contribution is 2.28. The average Bonchev–Trinajstić information content (AvgIpc) is 3.54. The van der Waals surface area contributed by atoms with Crippen molar-refractivity contribution in [3.63, 3.8) is 0 Å². The van der Waals surface area contributed by atoms with Crippen molar-refractivity contribution >= 4 is 68.0 Å². The molecule has 1 fully saturated rings. The number of anilines is 5. The number of rotatable bonds is 6. The first kappa shape index (κ1) is 23.4. The van der Waals surface area contributed by atoms with Crippen molar-refractivity contribution < 1.29 is 4.79 Å². The average molecular weight is 528 g/mol. The number of hydrogen-bond donors (Lipinski definition) is 2. The van der Waals surface area contributed by atoms with Crippen molar-refractivity contribution in [3.05, 3.63) is 57.3 Å². The van der Waals surface area contributed by atoms with Gasteiger partial charge in [0.2, 0.25) is 11.9 Å². The third-order valence-corrected chi connectivity index (χ3v) is 7.46. The molecule has 0 unspecified atom stereocenters. The van der Waals surface area contributed by atoms with Gasteiger partial charge in [0.15, 0.2) is 10.3 Å². The van der Waals surface area contributed by atoms with Gasteiger partial charge in [-0.2, -0.15) is 15.0 Å². The van der Waals surface area contributed by atoms with Gasteiger partial charge < -0.3 is 15.1 Å². The maximum absolute atomic E-state index is 12.7. The Morgan fingerprint density at radius 3 is 2.60 bits per heavy atom. The Bertz CT molecular complexity index is 1320. The zero-order valence-corrected chi connectivity index (χ0v) is 21.4. The summed E-state index contributed by atoms with van der Waals surface area (Å²) in [6.07, 6.45) is 3.34. The Kier molecular flexibility index (Phi) is 6.75. The largest absolute Gasteiger partial charge is 0.345 e. The molecule has 0 spiro atoms. The molecule has 0 bridgehead atoms. The van der Waals surface area contributed by atoms with E-state index in [0.29, 0.717) is 38.4 Å². The Labute approximate surface area is 215 Å². The van der Waals surface area contributed by atoms with Crippen LogP contribution in [0.5, 0.6) is 0 Å². The number of halogens is 1. The molecule has 10 nitrogen and oxygen atoms in total. The van der Waals surface area contributed by atoms with Gasteiger partial charge in [-0.25, -0.2) is 9.97 Å². The van der Waals surface area contributed by atoms with Crippen molar-refractivity contribution in [2.45, 2.75) is 13.8 Å². The van der Waals surface area contributed by atoms with E-state index in [-0.39, 0.29) is 5.91 Å². The van der Waals surface area contributed by atoms with Crippen molar-refractivity contribution in [1.82, 2.24) is 24.9 Å². The number of hydrogen-bond acceptors (Lipinski definition) is 11. The highest BCUT2D eigenvalue weighted by molar-refractivity contribution is 7.17. The second-order valence-corrected chi connectivity index (χ2v) is 10.1. The monoisotopic (exact) mass is 527 g/mol. The molecule has 1 aliphatic rings. The van der Waals surface area contributed by atoms with Crippen molar-refractivity contribution in [3.8, 4) is 0 Å². The molecule has 13 heteroatoms. The fourth-order valence-electron chi connectivity index (χ4n) is 3.63. The summed E-state index contributed by atoms with van der Waals surface area (Å²) in [5.74, 6) is 1.32. The second-order valence-electron chi connectivity index (χ2n) is 7.84. The van der Waals surface area contributed by atoms with Gasteiger partial charge in [0.05, 0.1) is 16.9 Å². The van der Waals surface area contributed by atoms with Crippen LogP contribution in [0.4, 0.5) is 27.8 Å².